The molecule has 40 valence electrons. The van der Waals surface area contributed by atoms with Gasteiger partial charge in [-0.3, -0.25) is 0 Å². The lowest BCUT2D eigenvalue weighted by Crippen LogP contribution is -2.10. The summed E-state index contributed by atoms with van der Waals surface area (Å²) in [6.07, 6.45) is 0. The fraction of sp³-hybridized carbons (Fsp3) is 1.00. The number of hydrogen-bond donors (Lipinski definition) is 0. The third-order valence-corrected chi connectivity index (χ3v) is 0. The van der Waals surface area contributed by atoms with Crippen LogP contribution in [0.25, 0.3) is 0 Å². The van der Waals surface area contributed by atoms with Crippen molar-refractivity contribution >= 4 is 8.07 Å². The summed E-state index contributed by atoms with van der Waals surface area (Å²) >= 11 is 0. The Hall–Kier alpha value is 0.217. The normalized spacial score (nSPS) is 10.0. The summed E-state index contributed by atoms with van der Waals surface area (Å²) in [7, 11) is -0.611. The lowest BCUT2D eigenvalue weighted by Gasteiger charge is -2.01. The van der Waals surface area contributed by atoms with Gasteiger partial charge in [0.25, 0.3) is 0 Å². The first-order valence-corrected chi connectivity index (χ1v) is 6.00. The van der Waals surface area contributed by atoms with Crippen molar-refractivity contribution in [1.82, 2.24) is 0 Å². The predicted molar refractivity (Wildman–Crippen MR) is 35.9 cm³/mol. The van der Waals surface area contributed by atoms with Crippen LogP contribution in [0.15, 0.2) is 0 Å². The molecule has 0 spiro atoms. The Balaban J connectivity index is 0. The number of hydrogen-bond acceptors (Lipinski definition) is 0. The molecular weight excluding hydrogens is 88.1 g/mol. The van der Waals surface area contributed by atoms with Crippen molar-refractivity contribution in [3.05, 3.63) is 0 Å². The first-order valence-electron chi connectivity index (χ1n) is 2.00. The first-order chi connectivity index (χ1) is 2.00. The molecule has 0 bridgehead atoms. The van der Waals surface area contributed by atoms with Crippen LogP contribution in [0.3, 0.4) is 0 Å². The number of rotatable bonds is 0. The quantitative estimate of drug-likeness (QED) is 0.414. The molecule has 0 amide bonds. The molecule has 0 aliphatic rings. The molecule has 0 aliphatic heterocycles. The summed E-state index contributed by atoms with van der Waals surface area (Å²) < 4.78 is 0. The fourth-order valence-corrected chi connectivity index (χ4v) is 0. The van der Waals surface area contributed by atoms with E-state index >= 15 is 0 Å². The van der Waals surface area contributed by atoms with Crippen LogP contribution in [0.4, 0.5) is 0 Å². The van der Waals surface area contributed by atoms with E-state index < -0.39 is 8.07 Å². The van der Waals surface area contributed by atoms with Gasteiger partial charge in [0, 0.05) is 8.07 Å². The van der Waals surface area contributed by atoms with Crippen LogP contribution in [-0.2, 0) is 0 Å². The second kappa shape index (κ2) is 2.40. The van der Waals surface area contributed by atoms with E-state index in [1.165, 1.54) is 0 Å². The van der Waals surface area contributed by atoms with Gasteiger partial charge in [0.1, 0.15) is 0 Å². The van der Waals surface area contributed by atoms with Gasteiger partial charge in [0.15, 0.2) is 0 Å². The Bertz CT molecular complexity index is 19.4. The van der Waals surface area contributed by atoms with Crippen LogP contribution in [0.2, 0.25) is 26.2 Å². The van der Waals surface area contributed by atoms with Gasteiger partial charge < -0.3 is 0 Å². The Morgan fingerprint density at radius 3 is 0.833 bits per heavy atom. The molecule has 0 unspecified atom stereocenters. The average Bonchev–Trinajstić information content (AvgIpc) is 0.722. The van der Waals surface area contributed by atoms with Gasteiger partial charge in [0.2, 0.25) is 0 Å². The van der Waals surface area contributed by atoms with E-state index in [1.54, 1.807) is 0 Å². The van der Waals surface area contributed by atoms with E-state index in [0.29, 0.717) is 0 Å². The summed E-state index contributed by atoms with van der Waals surface area (Å²) in [5, 5.41) is 0. The highest BCUT2D eigenvalue weighted by molar-refractivity contribution is 6.74. The smallest absolute Gasteiger partial charge is 0.0411 e. The van der Waals surface area contributed by atoms with Crippen molar-refractivity contribution in [2.24, 2.45) is 0 Å². The van der Waals surface area contributed by atoms with Gasteiger partial charge in [-0.05, 0) is 0 Å². The topological polar surface area (TPSA) is 0 Å². The maximum atomic E-state index is 2.33. The summed E-state index contributed by atoms with van der Waals surface area (Å²) in [4.78, 5) is 0. The maximum Gasteiger partial charge on any atom is 0.0411 e. The molecule has 0 rings (SSSR count). The van der Waals surface area contributed by atoms with Crippen molar-refractivity contribution in [1.29, 1.82) is 0 Å². The van der Waals surface area contributed by atoms with E-state index in [4.69, 9.17) is 0 Å². The van der Waals surface area contributed by atoms with E-state index in [-0.39, 0.29) is 7.43 Å². The monoisotopic (exact) mass is 104 g/mol. The van der Waals surface area contributed by atoms with E-state index in [1.807, 2.05) is 0 Å². The van der Waals surface area contributed by atoms with Gasteiger partial charge in [0.05, 0.1) is 0 Å². The van der Waals surface area contributed by atoms with Crippen molar-refractivity contribution < 1.29 is 0 Å². The summed E-state index contributed by atoms with van der Waals surface area (Å²) in [5.74, 6) is 0. The highest BCUT2D eigenvalue weighted by Crippen LogP contribution is 1.94. The van der Waals surface area contributed by atoms with Gasteiger partial charge in [-0.2, -0.15) is 0 Å². The molecule has 0 fully saturated rings. The molecule has 0 N–H and O–H groups in total. The molecule has 0 atom stereocenters. The first kappa shape index (κ1) is 9.52. The van der Waals surface area contributed by atoms with Gasteiger partial charge in [-0.25, -0.2) is 0 Å². The van der Waals surface area contributed by atoms with Gasteiger partial charge in [-0.1, -0.05) is 33.6 Å². The van der Waals surface area contributed by atoms with Gasteiger partial charge >= 0.3 is 0 Å². The average molecular weight is 104 g/mol. The summed E-state index contributed by atoms with van der Waals surface area (Å²) in [6, 6.07) is 0. The van der Waals surface area contributed by atoms with Crippen molar-refractivity contribution in [2.45, 2.75) is 33.6 Å². The standard InChI is InChI=1S/C4H12Si.CH4/c1-5(2,3)4;/h1-4H3;1H4. The van der Waals surface area contributed by atoms with Crippen LogP contribution in [0.1, 0.15) is 7.43 Å². The molecule has 0 aromatic heterocycles. The summed E-state index contributed by atoms with van der Waals surface area (Å²) in [6.45, 7) is 9.31. The van der Waals surface area contributed by atoms with E-state index in [0.717, 1.165) is 0 Å². The highest BCUT2D eigenvalue weighted by atomic mass is 28.3. The largest absolute Gasteiger partial charge is 0.0776 e. The lowest BCUT2D eigenvalue weighted by atomic mass is 11.8. The SMILES string of the molecule is C.C[Si](C)(C)C. The molecule has 0 saturated heterocycles. The molecule has 1 heteroatoms. The highest BCUT2D eigenvalue weighted by Gasteiger charge is 1.99. The van der Waals surface area contributed by atoms with Gasteiger partial charge in [-0.15, -0.1) is 0 Å². The van der Waals surface area contributed by atoms with Crippen LogP contribution in [0.5, 0.6) is 0 Å². The minimum atomic E-state index is -0.611. The van der Waals surface area contributed by atoms with E-state index in [9.17, 15) is 0 Å². The Kier molecular flexibility index (Phi) is 3.81. The molecule has 0 nitrogen and oxygen atoms in total. The second-order valence-electron chi connectivity index (χ2n) is 3.00. The van der Waals surface area contributed by atoms with E-state index in [2.05, 4.69) is 26.2 Å². The van der Waals surface area contributed by atoms with Crippen molar-refractivity contribution in [3.63, 3.8) is 0 Å². The minimum absolute atomic E-state index is 0. The fourth-order valence-electron chi connectivity index (χ4n) is 0. The van der Waals surface area contributed by atoms with Crippen molar-refractivity contribution in [2.75, 3.05) is 0 Å². The third-order valence-electron chi connectivity index (χ3n) is 0. The molecule has 0 heterocycles. The molecule has 0 aromatic carbocycles. The molecule has 0 aromatic rings. The third kappa shape index (κ3) is 928. The van der Waals surface area contributed by atoms with Crippen LogP contribution in [-0.4, -0.2) is 8.07 Å². The molecule has 0 aliphatic carbocycles. The Morgan fingerprint density at radius 2 is 0.833 bits per heavy atom. The lowest BCUT2D eigenvalue weighted by molar-refractivity contribution is 1.71. The van der Waals surface area contributed by atoms with Crippen molar-refractivity contribution in [3.8, 4) is 0 Å². The maximum absolute atomic E-state index is 2.33. The molecule has 0 radical (unpaired) electrons. The van der Waals surface area contributed by atoms with Crippen LogP contribution < -0.4 is 0 Å². The Morgan fingerprint density at radius 1 is 0.833 bits per heavy atom. The van der Waals surface area contributed by atoms with Crippen LogP contribution >= 0.6 is 0 Å². The minimum Gasteiger partial charge on any atom is -0.0776 e. The zero-order chi connectivity index (χ0) is 4.50. The predicted octanol–water partition coefficient (Wildman–Crippen LogP) is 2.59. The molecule has 0 saturated carbocycles. The molecule has 6 heavy (non-hydrogen) atoms. The Labute approximate surface area is 42.6 Å². The second-order valence-corrected chi connectivity index (χ2v) is 9.00. The summed E-state index contributed by atoms with van der Waals surface area (Å²) in [5.41, 5.74) is 0. The zero-order valence-electron chi connectivity index (χ0n) is 4.50. The van der Waals surface area contributed by atoms with Crippen LogP contribution in [0, 0.1) is 0 Å². The zero-order valence-corrected chi connectivity index (χ0v) is 5.50. The molecular formula is C5H16Si.